The molecule has 126 valence electrons. The van der Waals surface area contributed by atoms with Crippen LogP contribution in [0.1, 0.15) is 31.7 Å². The molecule has 4 atom stereocenters. The molecule has 3 rings (SSSR count). The molecular weight excluding hydrogens is 294 g/mol. The van der Waals surface area contributed by atoms with Gasteiger partial charge in [-0.3, -0.25) is 0 Å². The number of carbonyl (C=O) groups excluding carboxylic acids is 1. The van der Waals surface area contributed by atoms with Crippen molar-refractivity contribution in [2.75, 3.05) is 13.7 Å². The van der Waals surface area contributed by atoms with Crippen LogP contribution >= 0.6 is 0 Å². The number of methoxy groups -OCH3 is 1. The van der Waals surface area contributed by atoms with Gasteiger partial charge in [-0.1, -0.05) is 37.3 Å². The monoisotopic (exact) mass is 319 g/mol. The van der Waals surface area contributed by atoms with Gasteiger partial charge in [0.25, 0.3) is 0 Å². The second-order valence-corrected chi connectivity index (χ2v) is 6.18. The van der Waals surface area contributed by atoms with Gasteiger partial charge in [0.2, 0.25) is 0 Å². The summed E-state index contributed by atoms with van der Waals surface area (Å²) >= 11 is 0. The summed E-state index contributed by atoms with van der Waals surface area (Å²) in [6, 6.07) is 10.4. The Morgan fingerprint density at radius 3 is 2.78 bits per heavy atom. The average molecular weight is 319 g/mol. The zero-order valence-electron chi connectivity index (χ0n) is 13.8. The average Bonchev–Trinajstić information content (AvgIpc) is 2.90. The van der Waals surface area contributed by atoms with Gasteiger partial charge in [-0.05, 0) is 24.8 Å². The summed E-state index contributed by atoms with van der Waals surface area (Å²) in [5, 5.41) is 0. The summed E-state index contributed by atoms with van der Waals surface area (Å²) in [7, 11) is 1.65. The fraction of sp³-hybridized carbons (Fsp3) is 0.611. The van der Waals surface area contributed by atoms with Crippen molar-refractivity contribution in [3.05, 3.63) is 35.9 Å². The lowest BCUT2D eigenvalue weighted by atomic mass is 9.96. The van der Waals surface area contributed by atoms with Crippen LogP contribution in [-0.4, -0.2) is 49.2 Å². The van der Waals surface area contributed by atoms with Crippen molar-refractivity contribution in [1.82, 2.24) is 4.90 Å². The second-order valence-electron chi connectivity index (χ2n) is 6.18. The van der Waals surface area contributed by atoms with Gasteiger partial charge in [-0.2, -0.15) is 0 Å². The molecule has 0 unspecified atom stereocenters. The molecule has 2 fully saturated rings. The van der Waals surface area contributed by atoms with Crippen LogP contribution in [0.4, 0.5) is 4.79 Å². The van der Waals surface area contributed by atoms with E-state index >= 15 is 0 Å². The van der Waals surface area contributed by atoms with Gasteiger partial charge in [-0.15, -0.1) is 0 Å². The fourth-order valence-electron chi connectivity index (χ4n) is 3.52. The summed E-state index contributed by atoms with van der Waals surface area (Å²) in [4.78, 5) is 14.1. The van der Waals surface area contributed by atoms with Crippen LogP contribution in [0.25, 0.3) is 0 Å². The molecule has 2 heterocycles. The van der Waals surface area contributed by atoms with E-state index in [1.54, 1.807) is 7.11 Å². The van der Waals surface area contributed by atoms with Gasteiger partial charge in [0.05, 0.1) is 12.1 Å². The molecule has 2 aliphatic rings. The van der Waals surface area contributed by atoms with Crippen molar-refractivity contribution in [3.63, 3.8) is 0 Å². The highest BCUT2D eigenvalue weighted by atomic mass is 16.7. The Balaban J connectivity index is 1.61. The molecule has 23 heavy (non-hydrogen) atoms. The van der Waals surface area contributed by atoms with Crippen LogP contribution in [-0.2, 0) is 20.6 Å². The lowest BCUT2D eigenvalue weighted by Gasteiger charge is -2.37. The van der Waals surface area contributed by atoms with E-state index < -0.39 is 0 Å². The molecule has 0 bridgehead atoms. The normalized spacial score (nSPS) is 30.2. The minimum Gasteiger partial charge on any atom is -0.441 e. The maximum atomic E-state index is 12.2. The smallest absolute Gasteiger partial charge is 0.410 e. The predicted molar refractivity (Wildman–Crippen MR) is 86.1 cm³/mol. The van der Waals surface area contributed by atoms with Crippen LogP contribution in [0.5, 0.6) is 0 Å². The summed E-state index contributed by atoms with van der Waals surface area (Å²) < 4.78 is 16.8. The van der Waals surface area contributed by atoms with Crippen LogP contribution < -0.4 is 0 Å². The largest absolute Gasteiger partial charge is 0.441 e. The van der Waals surface area contributed by atoms with E-state index in [0.29, 0.717) is 13.0 Å². The van der Waals surface area contributed by atoms with E-state index in [2.05, 4.69) is 12.1 Å². The van der Waals surface area contributed by atoms with E-state index in [4.69, 9.17) is 14.2 Å². The van der Waals surface area contributed by atoms with Crippen molar-refractivity contribution in [2.24, 2.45) is 0 Å². The quantitative estimate of drug-likeness (QED) is 0.809. The number of nitrogens with zero attached hydrogens (tertiary/aromatic N) is 1. The summed E-state index contributed by atoms with van der Waals surface area (Å²) in [6.07, 6.45) is 2.65. The first-order chi connectivity index (χ1) is 11.2. The minimum atomic E-state index is -0.257. The SMILES string of the molecule is CC[C@H]1O[C@H](OC)C[C@H]2[C@@H]1OC(=O)N2CCCc1ccccc1. The zero-order valence-corrected chi connectivity index (χ0v) is 13.8. The number of aryl methyl sites for hydroxylation is 1. The van der Waals surface area contributed by atoms with Crippen LogP contribution in [0, 0.1) is 0 Å². The maximum absolute atomic E-state index is 12.2. The highest BCUT2D eigenvalue weighted by Gasteiger charge is 2.50. The van der Waals surface area contributed by atoms with E-state index in [-0.39, 0.29) is 30.6 Å². The number of hydrogen-bond acceptors (Lipinski definition) is 4. The Bertz CT molecular complexity index is 521. The molecule has 1 amide bonds. The molecule has 1 aromatic carbocycles. The summed E-state index contributed by atoms with van der Waals surface area (Å²) in [5.41, 5.74) is 1.30. The first-order valence-electron chi connectivity index (χ1n) is 8.42. The number of benzene rings is 1. The second kappa shape index (κ2) is 7.32. The minimum absolute atomic E-state index is 0.0573. The summed E-state index contributed by atoms with van der Waals surface area (Å²) in [6.45, 7) is 2.76. The Morgan fingerprint density at radius 2 is 2.09 bits per heavy atom. The third kappa shape index (κ3) is 3.51. The molecule has 0 radical (unpaired) electrons. The predicted octanol–water partition coefficient (Wildman–Crippen LogP) is 2.98. The Labute approximate surface area is 137 Å². The molecule has 1 aromatic rings. The number of ether oxygens (including phenoxy) is 3. The van der Waals surface area contributed by atoms with Gasteiger partial charge in [-0.25, -0.2) is 4.79 Å². The van der Waals surface area contributed by atoms with Gasteiger partial charge in [0, 0.05) is 20.1 Å². The Morgan fingerprint density at radius 1 is 1.30 bits per heavy atom. The third-order valence-corrected chi connectivity index (χ3v) is 4.75. The van der Waals surface area contributed by atoms with Crippen LogP contribution in [0.2, 0.25) is 0 Å². The molecule has 5 nitrogen and oxygen atoms in total. The number of hydrogen-bond donors (Lipinski definition) is 0. The molecular formula is C18H25NO4. The third-order valence-electron chi connectivity index (χ3n) is 4.75. The van der Waals surface area contributed by atoms with Crippen molar-refractivity contribution >= 4 is 6.09 Å². The maximum Gasteiger partial charge on any atom is 0.410 e. The van der Waals surface area contributed by atoms with Crippen molar-refractivity contribution in [1.29, 1.82) is 0 Å². The lowest BCUT2D eigenvalue weighted by Crippen LogP contribution is -2.51. The number of carbonyl (C=O) groups is 1. The van der Waals surface area contributed by atoms with Gasteiger partial charge in [0.1, 0.15) is 0 Å². The fourth-order valence-corrected chi connectivity index (χ4v) is 3.52. The molecule has 0 aliphatic carbocycles. The number of amides is 1. The Kier molecular flexibility index (Phi) is 5.18. The molecule has 0 spiro atoms. The first-order valence-corrected chi connectivity index (χ1v) is 8.42. The highest BCUT2D eigenvalue weighted by Crippen LogP contribution is 2.34. The molecule has 2 saturated heterocycles. The van der Waals surface area contributed by atoms with E-state index in [1.165, 1.54) is 5.56 Å². The van der Waals surface area contributed by atoms with Crippen molar-refractivity contribution in [3.8, 4) is 0 Å². The molecule has 0 N–H and O–H groups in total. The lowest BCUT2D eigenvalue weighted by molar-refractivity contribution is -0.214. The zero-order chi connectivity index (χ0) is 16.2. The van der Waals surface area contributed by atoms with Gasteiger partial charge >= 0.3 is 6.09 Å². The highest BCUT2D eigenvalue weighted by molar-refractivity contribution is 5.71. The molecule has 0 saturated carbocycles. The standard InChI is InChI=1S/C18H25NO4/c1-3-15-17-14(12-16(21-2)22-15)19(18(20)23-17)11-7-10-13-8-5-4-6-9-13/h4-6,8-9,14-17H,3,7,10-12H2,1-2H3/t14-,15+,16-,17-/m0/s1. The van der Waals surface area contributed by atoms with Crippen molar-refractivity contribution < 1.29 is 19.0 Å². The Hall–Kier alpha value is -1.59. The van der Waals surface area contributed by atoms with Crippen LogP contribution in [0.15, 0.2) is 30.3 Å². The van der Waals surface area contributed by atoms with E-state index in [0.717, 1.165) is 19.3 Å². The number of fused-ring (bicyclic) bond motifs is 1. The van der Waals surface area contributed by atoms with E-state index in [1.807, 2.05) is 30.0 Å². The first kappa shape index (κ1) is 16.3. The molecule has 0 aromatic heterocycles. The van der Waals surface area contributed by atoms with Gasteiger partial charge in [0.15, 0.2) is 12.4 Å². The number of rotatable bonds is 6. The van der Waals surface area contributed by atoms with Crippen molar-refractivity contribution in [2.45, 2.75) is 57.1 Å². The topological polar surface area (TPSA) is 48.0 Å². The molecule has 2 aliphatic heterocycles. The summed E-state index contributed by atoms with van der Waals surface area (Å²) in [5.74, 6) is 0. The van der Waals surface area contributed by atoms with Gasteiger partial charge < -0.3 is 19.1 Å². The van der Waals surface area contributed by atoms with Crippen LogP contribution in [0.3, 0.4) is 0 Å². The van der Waals surface area contributed by atoms with E-state index in [9.17, 15) is 4.79 Å². The molecule has 5 heteroatoms.